The van der Waals surface area contributed by atoms with Crippen molar-refractivity contribution in [1.82, 2.24) is 20.0 Å². The van der Waals surface area contributed by atoms with Crippen LogP contribution >= 0.6 is 0 Å². The topological polar surface area (TPSA) is 58.3 Å². The molecule has 0 saturated carbocycles. The van der Waals surface area contributed by atoms with Gasteiger partial charge in [0.1, 0.15) is 5.82 Å². The SMILES string of the molecule is CN1CCN(c2cc(-c3nc(-c4ccccc4)no3)c3ccccc3n2)CC1. The van der Waals surface area contributed by atoms with Crippen molar-refractivity contribution in [3.8, 4) is 22.8 Å². The zero-order chi connectivity index (χ0) is 18.9. The van der Waals surface area contributed by atoms with Gasteiger partial charge in [0.05, 0.1) is 11.1 Å². The van der Waals surface area contributed by atoms with Gasteiger partial charge in [0.2, 0.25) is 5.82 Å². The van der Waals surface area contributed by atoms with Gasteiger partial charge >= 0.3 is 0 Å². The fraction of sp³-hybridized carbons (Fsp3) is 0.227. The van der Waals surface area contributed by atoms with E-state index in [-0.39, 0.29) is 0 Å². The number of piperazine rings is 1. The normalized spacial score (nSPS) is 15.2. The van der Waals surface area contributed by atoms with E-state index >= 15 is 0 Å². The Kier molecular flexibility index (Phi) is 4.25. The molecule has 3 heterocycles. The first-order valence-corrected chi connectivity index (χ1v) is 9.51. The summed E-state index contributed by atoms with van der Waals surface area (Å²) in [6.45, 7) is 3.98. The second kappa shape index (κ2) is 7.05. The van der Waals surface area contributed by atoms with Crippen LogP contribution in [0, 0.1) is 0 Å². The van der Waals surface area contributed by atoms with E-state index in [1.165, 1.54) is 0 Å². The number of rotatable bonds is 3. The van der Waals surface area contributed by atoms with E-state index in [1.54, 1.807) is 0 Å². The Morgan fingerprint density at radius 1 is 0.857 bits per heavy atom. The molecule has 6 heteroatoms. The van der Waals surface area contributed by atoms with Gasteiger partial charge < -0.3 is 14.3 Å². The Morgan fingerprint density at radius 3 is 2.43 bits per heavy atom. The Labute approximate surface area is 163 Å². The van der Waals surface area contributed by atoms with Gasteiger partial charge in [-0.25, -0.2) is 4.98 Å². The molecule has 0 unspecified atom stereocenters. The molecular weight excluding hydrogens is 350 g/mol. The van der Waals surface area contributed by atoms with Crippen LogP contribution in [0.1, 0.15) is 0 Å². The van der Waals surface area contributed by atoms with Crippen molar-refractivity contribution in [3.05, 3.63) is 60.7 Å². The molecule has 6 nitrogen and oxygen atoms in total. The van der Waals surface area contributed by atoms with Crippen molar-refractivity contribution in [2.45, 2.75) is 0 Å². The molecule has 0 atom stereocenters. The van der Waals surface area contributed by atoms with Crippen molar-refractivity contribution in [2.24, 2.45) is 0 Å². The highest BCUT2D eigenvalue weighted by molar-refractivity contribution is 5.94. The second-order valence-corrected chi connectivity index (χ2v) is 7.12. The summed E-state index contributed by atoms with van der Waals surface area (Å²) >= 11 is 0. The zero-order valence-electron chi connectivity index (χ0n) is 15.7. The Bertz CT molecular complexity index is 1100. The lowest BCUT2D eigenvalue weighted by Crippen LogP contribution is -2.44. The predicted octanol–water partition coefficient (Wildman–Crippen LogP) is 3.70. The van der Waals surface area contributed by atoms with Crippen LogP contribution in [0.25, 0.3) is 33.7 Å². The van der Waals surface area contributed by atoms with Crippen LogP contribution < -0.4 is 4.90 Å². The quantitative estimate of drug-likeness (QED) is 0.547. The van der Waals surface area contributed by atoms with Gasteiger partial charge in [-0.15, -0.1) is 0 Å². The summed E-state index contributed by atoms with van der Waals surface area (Å²) in [7, 11) is 2.15. The largest absolute Gasteiger partial charge is 0.354 e. The van der Waals surface area contributed by atoms with Crippen LogP contribution in [-0.2, 0) is 0 Å². The van der Waals surface area contributed by atoms with Crippen LogP contribution in [-0.4, -0.2) is 53.3 Å². The van der Waals surface area contributed by atoms with E-state index in [0.717, 1.165) is 54.0 Å². The smallest absolute Gasteiger partial charge is 0.259 e. The van der Waals surface area contributed by atoms with Crippen LogP contribution in [0.5, 0.6) is 0 Å². The van der Waals surface area contributed by atoms with Gasteiger partial charge in [-0.2, -0.15) is 4.98 Å². The maximum absolute atomic E-state index is 5.66. The predicted molar refractivity (Wildman–Crippen MR) is 110 cm³/mol. The molecule has 2 aromatic heterocycles. The minimum atomic E-state index is 0.521. The first-order valence-electron chi connectivity index (χ1n) is 9.51. The first kappa shape index (κ1) is 16.9. The van der Waals surface area contributed by atoms with E-state index in [9.17, 15) is 0 Å². The Morgan fingerprint density at radius 2 is 1.61 bits per heavy atom. The second-order valence-electron chi connectivity index (χ2n) is 7.12. The minimum Gasteiger partial charge on any atom is -0.354 e. The Hall–Kier alpha value is -3.25. The molecule has 140 valence electrons. The number of anilines is 1. The molecule has 1 fully saturated rings. The molecule has 1 aliphatic rings. The van der Waals surface area contributed by atoms with Gasteiger partial charge in [-0.1, -0.05) is 53.7 Å². The molecular formula is C22H21N5O. The standard InChI is InChI=1S/C22H21N5O/c1-26-11-13-27(14-12-26)20-15-18(17-9-5-6-10-19(17)23-20)22-24-21(25-28-22)16-7-3-2-4-8-16/h2-10,15H,11-14H2,1H3. The van der Waals surface area contributed by atoms with Crippen LogP contribution in [0.15, 0.2) is 65.2 Å². The molecule has 28 heavy (non-hydrogen) atoms. The van der Waals surface area contributed by atoms with E-state index in [4.69, 9.17) is 9.51 Å². The summed E-state index contributed by atoms with van der Waals surface area (Å²) in [6, 6.07) is 20.1. The minimum absolute atomic E-state index is 0.521. The molecule has 2 aromatic carbocycles. The third-order valence-corrected chi connectivity index (χ3v) is 5.22. The summed E-state index contributed by atoms with van der Waals surface area (Å²) in [6.07, 6.45) is 0. The number of likely N-dealkylation sites (N-methyl/N-ethyl adjacent to an activating group) is 1. The molecule has 1 aliphatic heterocycles. The number of aromatic nitrogens is 3. The van der Waals surface area contributed by atoms with Crippen molar-refractivity contribution >= 4 is 16.7 Å². The van der Waals surface area contributed by atoms with Crippen LogP contribution in [0.2, 0.25) is 0 Å². The molecule has 0 radical (unpaired) electrons. The number of hydrogen-bond donors (Lipinski definition) is 0. The molecule has 0 bridgehead atoms. The summed E-state index contributed by atoms with van der Waals surface area (Å²) in [5.74, 6) is 2.08. The molecule has 0 spiro atoms. The average molecular weight is 371 g/mol. The third-order valence-electron chi connectivity index (χ3n) is 5.22. The molecule has 0 amide bonds. The maximum atomic E-state index is 5.66. The summed E-state index contributed by atoms with van der Waals surface area (Å²) in [4.78, 5) is 14.2. The van der Waals surface area contributed by atoms with Crippen molar-refractivity contribution in [1.29, 1.82) is 0 Å². The molecule has 0 N–H and O–H groups in total. The van der Waals surface area contributed by atoms with Crippen LogP contribution in [0.3, 0.4) is 0 Å². The zero-order valence-corrected chi connectivity index (χ0v) is 15.7. The van der Waals surface area contributed by atoms with Crippen molar-refractivity contribution < 1.29 is 4.52 Å². The highest BCUT2D eigenvalue weighted by Gasteiger charge is 2.20. The first-order chi connectivity index (χ1) is 13.8. The maximum Gasteiger partial charge on any atom is 0.259 e. The van der Waals surface area contributed by atoms with Gasteiger partial charge in [0.15, 0.2) is 0 Å². The number of pyridine rings is 1. The molecule has 4 aromatic rings. The summed E-state index contributed by atoms with van der Waals surface area (Å²) in [5.41, 5.74) is 2.80. The van der Waals surface area contributed by atoms with E-state index in [0.29, 0.717) is 11.7 Å². The van der Waals surface area contributed by atoms with Gasteiger partial charge in [-0.3, -0.25) is 0 Å². The fourth-order valence-electron chi connectivity index (χ4n) is 3.57. The lowest BCUT2D eigenvalue weighted by atomic mass is 10.1. The number of nitrogens with zero attached hydrogens (tertiary/aromatic N) is 5. The molecule has 5 rings (SSSR count). The number of hydrogen-bond acceptors (Lipinski definition) is 6. The average Bonchev–Trinajstić information content (AvgIpc) is 3.24. The Balaban J connectivity index is 1.59. The summed E-state index contributed by atoms with van der Waals surface area (Å²) in [5, 5.41) is 5.21. The van der Waals surface area contributed by atoms with Crippen molar-refractivity contribution in [2.75, 3.05) is 38.1 Å². The molecule has 0 aliphatic carbocycles. The van der Waals surface area contributed by atoms with Crippen molar-refractivity contribution in [3.63, 3.8) is 0 Å². The highest BCUT2D eigenvalue weighted by Crippen LogP contribution is 2.32. The third kappa shape index (κ3) is 3.12. The van der Waals surface area contributed by atoms with Crippen LogP contribution in [0.4, 0.5) is 5.82 Å². The van der Waals surface area contributed by atoms with E-state index in [2.05, 4.69) is 39.1 Å². The van der Waals surface area contributed by atoms with Gasteiger partial charge in [0.25, 0.3) is 5.89 Å². The lowest BCUT2D eigenvalue weighted by molar-refractivity contribution is 0.312. The molecule has 1 saturated heterocycles. The monoisotopic (exact) mass is 371 g/mol. The van der Waals surface area contributed by atoms with Gasteiger partial charge in [0, 0.05) is 37.1 Å². The van der Waals surface area contributed by atoms with E-state index in [1.807, 2.05) is 48.5 Å². The summed E-state index contributed by atoms with van der Waals surface area (Å²) < 4.78 is 5.66. The fourth-order valence-corrected chi connectivity index (χ4v) is 3.57. The number of benzene rings is 2. The lowest BCUT2D eigenvalue weighted by Gasteiger charge is -2.33. The number of para-hydroxylation sites is 1. The number of fused-ring (bicyclic) bond motifs is 1. The highest BCUT2D eigenvalue weighted by atomic mass is 16.5. The van der Waals surface area contributed by atoms with Gasteiger partial charge in [-0.05, 0) is 19.2 Å². The van der Waals surface area contributed by atoms with E-state index < -0.39 is 0 Å².